The summed E-state index contributed by atoms with van der Waals surface area (Å²) in [6.07, 6.45) is 8.61. The predicted octanol–water partition coefficient (Wildman–Crippen LogP) is 4.98. The highest BCUT2D eigenvalue weighted by Crippen LogP contribution is 2.40. The lowest BCUT2D eigenvalue weighted by Crippen LogP contribution is -2.29. The van der Waals surface area contributed by atoms with Gasteiger partial charge < -0.3 is 29.2 Å². The molecule has 0 spiro atoms. The molecule has 0 unspecified atom stereocenters. The van der Waals surface area contributed by atoms with Gasteiger partial charge >= 0.3 is 11.9 Å². The Morgan fingerprint density at radius 3 is 1.44 bits per heavy atom. The quantitative estimate of drug-likeness (QED) is 0.179. The van der Waals surface area contributed by atoms with Crippen molar-refractivity contribution in [3.8, 4) is 22.6 Å². The Morgan fingerprint density at radius 2 is 1.05 bits per heavy atom. The van der Waals surface area contributed by atoms with Crippen LogP contribution < -0.4 is 9.47 Å². The molecule has 5 rings (SSSR count). The number of hydrogen-bond acceptors (Lipinski definition) is 8. The van der Waals surface area contributed by atoms with Gasteiger partial charge in [0.2, 0.25) is 0 Å². The number of carbonyl (C=O) groups excluding carboxylic acids is 2. The van der Waals surface area contributed by atoms with Crippen LogP contribution in [0.5, 0.6) is 11.5 Å². The fourth-order valence-electron chi connectivity index (χ4n) is 6.25. The number of carbonyl (C=O) groups is 2. The SMILES string of the molecule is O=C(Oc1ccc2c(c1)Cc1cc(OC(=O)C3CCC(OCCCO)CC3)ccc1-2)C1CCC(OCCCO)CC1. The van der Waals surface area contributed by atoms with Crippen molar-refractivity contribution in [3.05, 3.63) is 47.5 Å². The fraction of sp³-hybridized carbons (Fsp3) is 0.576. The van der Waals surface area contributed by atoms with Gasteiger partial charge in [-0.2, -0.15) is 0 Å². The molecule has 0 amide bonds. The zero-order chi connectivity index (χ0) is 28.6. The molecule has 3 aliphatic carbocycles. The molecule has 2 aromatic carbocycles. The average Bonchev–Trinajstić information content (AvgIpc) is 3.35. The summed E-state index contributed by atoms with van der Waals surface area (Å²) in [6.45, 7) is 1.38. The zero-order valence-electron chi connectivity index (χ0n) is 23.7. The van der Waals surface area contributed by atoms with Gasteiger partial charge in [-0.25, -0.2) is 0 Å². The summed E-state index contributed by atoms with van der Waals surface area (Å²) in [4.78, 5) is 25.7. The molecule has 0 aromatic heterocycles. The molecule has 0 bridgehead atoms. The van der Waals surface area contributed by atoms with Gasteiger partial charge in [0.15, 0.2) is 0 Å². The molecule has 2 saturated carbocycles. The van der Waals surface area contributed by atoms with Crippen molar-refractivity contribution < 1.29 is 38.7 Å². The summed E-state index contributed by atoms with van der Waals surface area (Å²) in [6, 6.07) is 11.6. The molecule has 8 heteroatoms. The second-order valence-corrected chi connectivity index (χ2v) is 11.5. The topological polar surface area (TPSA) is 112 Å². The minimum atomic E-state index is -0.186. The Balaban J connectivity index is 1.11. The molecule has 41 heavy (non-hydrogen) atoms. The van der Waals surface area contributed by atoms with Crippen LogP contribution in [0.3, 0.4) is 0 Å². The van der Waals surface area contributed by atoms with E-state index in [2.05, 4.69) is 0 Å². The summed E-state index contributed by atoms with van der Waals surface area (Å²) in [5, 5.41) is 17.8. The van der Waals surface area contributed by atoms with Crippen LogP contribution in [0.15, 0.2) is 36.4 Å². The third-order valence-corrected chi connectivity index (χ3v) is 8.59. The van der Waals surface area contributed by atoms with Crippen molar-refractivity contribution in [3.63, 3.8) is 0 Å². The molecule has 2 fully saturated rings. The molecule has 2 N–H and O–H groups in total. The summed E-state index contributed by atoms with van der Waals surface area (Å²) < 4.78 is 23.1. The van der Waals surface area contributed by atoms with Crippen LogP contribution in [0.25, 0.3) is 11.1 Å². The molecule has 3 aliphatic rings. The van der Waals surface area contributed by atoms with E-state index in [4.69, 9.17) is 29.2 Å². The van der Waals surface area contributed by atoms with Crippen LogP contribution in [0.2, 0.25) is 0 Å². The van der Waals surface area contributed by atoms with E-state index in [0.29, 0.717) is 44.0 Å². The monoisotopic (exact) mass is 566 g/mol. The molecule has 0 heterocycles. The van der Waals surface area contributed by atoms with Gasteiger partial charge in [-0.05, 0) is 117 Å². The van der Waals surface area contributed by atoms with E-state index in [1.54, 1.807) is 0 Å². The normalized spacial score (nSPS) is 23.5. The van der Waals surface area contributed by atoms with Crippen LogP contribution >= 0.6 is 0 Å². The van der Waals surface area contributed by atoms with Crippen LogP contribution in [0.1, 0.15) is 75.3 Å². The van der Waals surface area contributed by atoms with E-state index >= 15 is 0 Å². The van der Waals surface area contributed by atoms with E-state index in [9.17, 15) is 9.59 Å². The predicted molar refractivity (Wildman–Crippen MR) is 153 cm³/mol. The van der Waals surface area contributed by atoms with Crippen molar-refractivity contribution in [2.45, 2.75) is 82.8 Å². The Bertz CT molecular complexity index is 1090. The number of hydrogen-bond donors (Lipinski definition) is 2. The summed E-state index contributed by atoms with van der Waals surface area (Å²) in [7, 11) is 0. The number of esters is 2. The molecule has 0 saturated heterocycles. The van der Waals surface area contributed by atoms with Crippen LogP contribution in [0, 0.1) is 11.8 Å². The molecule has 8 nitrogen and oxygen atoms in total. The molecular weight excluding hydrogens is 524 g/mol. The highest BCUT2D eigenvalue weighted by Gasteiger charge is 2.30. The Labute approximate surface area is 242 Å². The minimum Gasteiger partial charge on any atom is -0.426 e. The van der Waals surface area contributed by atoms with E-state index in [1.807, 2.05) is 36.4 Å². The van der Waals surface area contributed by atoms with Crippen LogP contribution in [-0.4, -0.2) is 60.8 Å². The molecule has 0 radical (unpaired) electrons. The fourth-order valence-corrected chi connectivity index (χ4v) is 6.25. The minimum absolute atomic E-state index is 0.121. The van der Waals surface area contributed by atoms with E-state index in [-0.39, 0.29) is 49.2 Å². The highest BCUT2D eigenvalue weighted by molar-refractivity contribution is 5.81. The van der Waals surface area contributed by atoms with Crippen LogP contribution in [-0.2, 0) is 25.5 Å². The number of aliphatic hydroxyl groups is 2. The first-order chi connectivity index (χ1) is 20.0. The molecular formula is C33H42O8. The van der Waals surface area contributed by atoms with Crippen molar-refractivity contribution in [1.29, 1.82) is 0 Å². The Hall–Kier alpha value is -2.78. The molecule has 0 aliphatic heterocycles. The lowest BCUT2D eigenvalue weighted by molar-refractivity contribution is -0.142. The number of ether oxygens (including phenoxy) is 4. The third-order valence-electron chi connectivity index (χ3n) is 8.59. The highest BCUT2D eigenvalue weighted by atomic mass is 16.5. The zero-order valence-corrected chi connectivity index (χ0v) is 23.7. The van der Waals surface area contributed by atoms with Gasteiger partial charge in [0.05, 0.1) is 24.0 Å². The lowest BCUT2D eigenvalue weighted by atomic mass is 9.87. The smallest absolute Gasteiger partial charge is 0.314 e. The Morgan fingerprint density at radius 1 is 0.634 bits per heavy atom. The van der Waals surface area contributed by atoms with E-state index < -0.39 is 0 Å². The summed E-state index contributed by atoms with van der Waals surface area (Å²) in [5.74, 6) is 0.507. The van der Waals surface area contributed by atoms with E-state index in [1.165, 1.54) is 0 Å². The van der Waals surface area contributed by atoms with Gasteiger partial charge in [-0.15, -0.1) is 0 Å². The number of aliphatic hydroxyl groups excluding tert-OH is 2. The maximum atomic E-state index is 12.8. The first-order valence-electron chi connectivity index (χ1n) is 15.2. The Kier molecular flexibility index (Phi) is 10.4. The van der Waals surface area contributed by atoms with Gasteiger partial charge in [0.25, 0.3) is 0 Å². The van der Waals surface area contributed by atoms with Gasteiger partial charge in [-0.3, -0.25) is 9.59 Å². The van der Waals surface area contributed by atoms with Crippen molar-refractivity contribution in [2.75, 3.05) is 26.4 Å². The molecule has 222 valence electrons. The van der Waals surface area contributed by atoms with Crippen molar-refractivity contribution in [1.82, 2.24) is 0 Å². The maximum absolute atomic E-state index is 12.8. The standard InChI is InChI=1S/C33H42O8/c34-15-1-17-38-26-7-3-22(4-8-26)32(36)40-28-11-13-30-24(20-28)19-25-21-29(12-14-31(25)30)41-33(37)23-5-9-27(10-6-23)39-18-2-16-35/h11-14,20-23,26-27,34-35H,1-10,15-19H2. The summed E-state index contributed by atoms with van der Waals surface area (Å²) in [5.41, 5.74) is 4.40. The first kappa shape index (κ1) is 29.7. The number of fused-ring (bicyclic) bond motifs is 3. The number of rotatable bonds is 12. The number of benzene rings is 2. The second kappa shape index (κ2) is 14.4. The van der Waals surface area contributed by atoms with Crippen molar-refractivity contribution >= 4 is 11.9 Å². The average molecular weight is 567 g/mol. The van der Waals surface area contributed by atoms with Gasteiger partial charge in [0.1, 0.15) is 11.5 Å². The van der Waals surface area contributed by atoms with Crippen LogP contribution in [0.4, 0.5) is 0 Å². The van der Waals surface area contributed by atoms with Gasteiger partial charge in [0, 0.05) is 26.4 Å². The maximum Gasteiger partial charge on any atom is 0.314 e. The molecule has 0 atom stereocenters. The van der Waals surface area contributed by atoms with Crippen molar-refractivity contribution in [2.24, 2.45) is 11.8 Å². The third kappa shape index (κ3) is 7.74. The summed E-state index contributed by atoms with van der Waals surface area (Å²) >= 11 is 0. The molecule has 2 aromatic rings. The van der Waals surface area contributed by atoms with Gasteiger partial charge in [-0.1, -0.05) is 12.1 Å². The lowest BCUT2D eigenvalue weighted by Gasteiger charge is -2.27. The first-order valence-corrected chi connectivity index (χ1v) is 15.2. The van der Waals surface area contributed by atoms with E-state index in [0.717, 1.165) is 73.6 Å². The second-order valence-electron chi connectivity index (χ2n) is 11.5. The largest absolute Gasteiger partial charge is 0.426 e.